The zero-order chi connectivity index (χ0) is 26.1. The van der Waals surface area contributed by atoms with Crippen LogP contribution in [0.5, 0.6) is 0 Å². The van der Waals surface area contributed by atoms with Gasteiger partial charge in [-0.05, 0) is 35.1 Å². The average molecular weight is 483 g/mol. The zero-order valence-electron chi connectivity index (χ0n) is 20.7. The Labute approximate surface area is 204 Å². The smallest absolute Gasteiger partial charge is 0.293 e. The largest absolute Gasteiger partial charge is 0.380 e. The standard InChI is InChI=1S/C27H31FN2O5/c1-16(2)26-22(11-6-18(14-31)12-21(32)13-24(33)30-34)25(19-7-9-20(28)10-8-19)23(15-35-5)27(29-26)17(3)4/h6-11,14,16-18H,12-13,15H2,1-5H3/b11-6+/t18-/m1/s1. The molecule has 1 amide bonds. The van der Waals surface area contributed by atoms with Crippen molar-refractivity contribution in [1.82, 2.24) is 4.98 Å². The Morgan fingerprint density at radius 3 is 2.23 bits per heavy atom. The number of carbonyl (C=O) groups excluding carboxylic acids is 3. The molecule has 0 spiro atoms. The molecule has 0 aliphatic heterocycles. The highest BCUT2D eigenvalue weighted by Crippen LogP contribution is 2.38. The number of carbonyl (C=O) groups is 3. The molecule has 1 aromatic carbocycles. The number of pyridine rings is 1. The van der Waals surface area contributed by atoms with E-state index in [4.69, 9.17) is 9.72 Å². The van der Waals surface area contributed by atoms with Crippen LogP contribution in [0.3, 0.4) is 0 Å². The minimum absolute atomic E-state index is 0.0237. The number of benzene rings is 1. The first-order chi connectivity index (χ1) is 16.6. The molecule has 0 aliphatic rings. The molecule has 1 atom stereocenters. The van der Waals surface area contributed by atoms with Crippen molar-refractivity contribution in [3.8, 4) is 11.1 Å². The molecule has 2 rings (SSSR count). The number of hydrogen-bond donors (Lipinski definition) is 0. The predicted molar refractivity (Wildman–Crippen MR) is 132 cm³/mol. The molecule has 2 aromatic rings. The maximum absolute atomic E-state index is 13.7. The van der Waals surface area contributed by atoms with Gasteiger partial charge in [-0.1, -0.05) is 52.0 Å². The number of ketones is 1. The number of Topliss-reactive ketones (excluding diaryl/α,β-unsaturated/α-hetero) is 1. The van der Waals surface area contributed by atoms with Crippen molar-refractivity contribution in [1.29, 1.82) is 0 Å². The number of halogens is 1. The third kappa shape index (κ3) is 7.29. The van der Waals surface area contributed by atoms with Crippen molar-refractivity contribution in [3.05, 3.63) is 63.6 Å². The molecular formula is C27H31FN2O5. The van der Waals surface area contributed by atoms with E-state index in [-0.39, 0.29) is 30.7 Å². The summed E-state index contributed by atoms with van der Waals surface area (Å²) in [5.41, 5.74) is 4.86. The number of aromatic nitrogens is 1. The number of aldehydes is 1. The van der Waals surface area contributed by atoms with Crippen molar-refractivity contribution in [3.63, 3.8) is 0 Å². The van der Waals surface area contributed by atoms with Crippen molar-refractivity contribution < 1.29 is 23.5 Å². The SMILES string of the molecule is COCc1c(C(C)C)nc(C(C)C)c(/C=C/[C@@H](C=O)CC(=O)CC(=O)N=O)c1-c1ccc(F)cc1. The summed E-state index contributed by atoms with van der Waals surface area (Å²) in [6.45, 7) is 8.38. The van der Waals surface area contributed by atoms with Crippen LogP contribution in [0, 0.1) is 16.6 Å². The van der Waals surface area contributed by atoms with Crippen molar-refractivity contribution >= 4 is 24.1 Å². The van der Waals surface area contributed by atoms with Gasteiger partial charge in [-0.2, -0.15) is 0 Å². The van der Waals surface area contributed by atoms with E-state index in [9.17, 15) is 23.7 Å². The summed E-state index contributed by atoms with van der Waals surface area (Å²) in [7, 11) is 1.59. The van der Waals surface area contributed by atoms with Gasteiger partial charge in [0.2, 0.25) is 0 Å². The van der Waals surface area contributed by atoms with Gasteiger partial charge in [0.25, 0.3) is 5.91 Å². The van der Waals surface area contributed by atoms with E-state index in [2.05, 4.69) is 5.18 Å². The van der Waals surface area contributed by atoms with Crippen LogP contribution in [0.1, 0.15) is 74.9 Å². The van der Waals surface area contributed by atoms with Gasteiger partial charge >= 0.3 is 0 Å². The summed E-state index contributed by atoms with van der Waals surface area (Å²) in [5.74, 6) is -2.66. The molecule has 0 saturated carbocycles. The van der Waals surface area contributed by atoms with E-state index < -0.39 is 24.0 Å². The number of ether oxygens (including phenoxy) is 1. The minimum atomic E-state index is -1.07. The maximum atomic E-state index is 13.7. The van der Waals surface area contributed by atoms with Crippen LogP contribution in [0.15, 0.2) is 35.5 Å². The van der Waals surface area contributed by atoms with Crippen LogP contribution in [0.25, 0.3) is 17.2 Å². The zero-order valence-corrected chi connectivity index (χ0v) is 20.7. The highest BCUT2D eigenvalue weighted by molar-refractivity contribution is 5.99. The Morgan fingerprint density at radius 1 is 1.09 bits per heavy atom. The topological polar surface area (TPSA) is 103 Å². The highest BCUT2D eigenvalue weighted by atomic mass is 19.1. The third-order valence-electron chi connectivity index (χ3n) is 5.51. The fourth-order valence-electron chi connectivity index (χ4n) is 3.92. The van der Waals surface area contributed by atoms with E-state index in [1.807, 2.05) is 27.7 Å². The second kappa shape index (κ2) is 12.9. The lowest BCUT2D eigenvalue weighted by molar-refractivity contribution is -0.127. The Balaban J connectivity index is 2.71. The van der Waals surface area contributed by atoms with E-state index in [1.54, 1.807) is 31.4 Å². The van der Waals surface area contributed by atoms with E-state index in [0.717, 1.165) is 33.6 Å². The molecule has 0 N–H and O–H groups in total. The van der Waals surface area contributed by atoms with Gasteiger partial charge in [-0.15, -0.1) is 4.91 Å². The summed E-state index contributed by atoms with van der Waals surface area (Å²) in [6, 6.07) is 6.14. The first-order valence-electron chi connectivity index (χ1n) is 11.5. The summed E-state index contributed by atoms with van der Waals surface area (Å²) in [6.07, 6.45) is 3.09. The molecule has 8 heteroatoms. The van der Waals surface area contributed by atoms with Gasteiger partial charge < -0.3 is 9.53 Å². The van der Waals surface area contributed by atoms with Crippen LogP contribution in [-0.4, -0.2) is 30.1 Å². The molecule has 7 nitrogen and oxygen atoms in total. The predicted octanol–water partition coefficient (Wildman–Crippen LogP) is 5.75. The molecule has 0 bridgehead atoms. The summed E-state index contributed by atoms with van der Waals surface area (Å²) in [5, 5.41) is 2.22. The highest BCUT2D eigenvalue weighted by Gasteiger charge is 2.23. The minimum Gasteiger partial charge on any atom is -0.380 e. The van der Waals surface area contributed by atoms with Crippen LogP contribution >= 0.6 is 0 Å². The Morgan fingerprint density at radius 2 is 1.71 bits per heavy atom. The second-order valence-electron chi connectivity index (χ2n) is 8.96. The number of hydrogen-bond acceptors (Lipinski definition) is 6. The van der Waals surface area contributed by atoms with Crippen molar-refractivity contribution in [2.45, 2.75) is 59.0 Å². The van der Waals surface area contributed by atoms with E-state index >= 15 is 0 Å². The Hall–Kier alpha value is -3.39. The summed E-state index contributed by atoms with van der Waals surface area (Å²) in [4.78, 5) is 50.2. The Kier molecular flexibility index (Phi) is 10.3. The molecule has 35 heavy (non-hydrogen) atoms. The normalized spacial score (nSPS) is 12.3. The van der Waals surface area contributed by atoms with Gasteiger partial charge in [-0.25, -0.2) is 4.39 Å². The molecule has 0 saturated heterocycles. The van der Waals surface area contributed by atoms with Gasteiger partial charge in [0.1, 0.15) is 17.9 Å². The molecular weight excluding hydrogens is 451 g/mol. The fraction of sp³-hybridized carbons (Fsp3) is 0.407. The Bertz CT molecular complexity index is 1110. The van der Waals surface area contributed by atoms with Crippen molar-refractivity contribution in [2.24, 2.45) is 11.1 Å². The number of nitroso groups, excluding NO2 is 1. The number of methoxy groups -OCH3 is 1. The molecule has 1 aromatic heterocycles. The van der Waals surface area contributed by atoms with Gasteiger partial charge in [0.15, 0.2) is 0 Å². The molecule has 0 fully saturated rings. The second-order valence-corrected chi connectivity index (χ2v) is 8.96. The quantitative estimate of drug-likeness (QED) is 0.217. The van der Waals surface area contributed by atoms with Gasteiger partial charge in [0, 0.05) is 41.4 Å². The van der Waals surface area contributed by atoms with Gasteiger partial charge in [-0.3, -0.25) is 14.6 Å². The van der Waals surface area contributed by atoms with Crippen LogP contribution in [-0.2, 0) is 25.7 Å². The van der Waals surface area contributed by atoms with Crippen molar-refractivity contribution in [2.75, 3.05) is 7.11 Å². The third-order valence-corrected chi connectivity index (χ3v) is 5.51. The van der Waals surface area contributed by atoms with E-state index in [1.165, 1.54) is 12.1 Å². The first-order valence-corrected chi connectivity index (χ1v) is 11.5. The number of amides is 1. The number of nitrogens with zero attached hydrogens (tertiary/aromatic N) is 2. The van der Waals surface area contributed by atoms with Crippen LogP contribution < -0.4 is 0 Å². The monoisotopic (exact) mass is 482 g/mol. The summed E-state index contributed by atoms with van der Waals surface area (Å²) < 4.78 is 19.2. The molecule has 0 unspecified atom stereocenters. The molecule has 0 aliphatic carbocycles. The number of rotatable bonds is 12. The van der Waals surface area contributed by atoms with Gasteiger partial charge in [0.05, 0.1) is 18.7 Å². The fourth-order valence-corrected chi connectivity index (χ4v) is 3.92. The lowest BCUT2D eigenvalue weighted by Crippen LogP contribution is -2.12. The summed E-state index contributed by atoms with van der Waals surface area (Å²) >= 11 is 0. The van der Waals surface area contributed by atoms with Crippen LogP contribution in [0.4, 0.5) is 4.39 Å². The molecule has 186 valence electrons. The first kappa shape index (κ1) is 27.9. The lowest BCUT2D eigenvalue weighted by atomic mass is 9.86. The molecule has 1 heterocycles. The van der Waals surface area contributed by atoms with Crippen LogP contribution in [0.2, 0.25) is 0 Å². The van der Waals surface area contributed by atoms with E-state index in [0.29, 0.717) is 6.29 Å². The number of allylic oxidation sites excluding steroid dienone is 1. The molecule has 0 radical (unpaired) electrons. The average Bonchev–Trinajstić information content (AvgIpc) is 2.81. The maximum Gasteiger partial charge on any atom is 0.293 e. The lowest BCUT2D eigenvalue weighted by Gasteiger charge is -2.23.